The fourth-order valence-corrected chi connectivity index (χ4v) is 2.70. The van der Waals surface area contributed by atoms with Gasteiger partial charge in [-0.05, 0) is 54.1 Å². The third-order valence-electron chi connectivity index (χ3n) is 3.92. The lowest BCUT2D eigenvalue weighted by molar-refractivity contribution is -0.130. The van der Waals surface area contributed by atoms with Crippen LogP contribution in [-0.4, -0.2) is 51.5 Å². The molecule has 6 nitrogen and oxygen atoms in total. The predicted molar refractivity (Wildman–Crippen MR) is 111 cm³/mol. The summed E-state index contributed by atoms with van der Waals surface area (Å²) in [6.07, 6.45) is 3.19. The zero-order chi connectivity index (χ0) is 20.7. The highest BCUT2D eigenvalue weighted by molar-refractivity contribution is 9.10. The number of hydrogen-bond donors (Lipinski definition) is 0. The van der Waals surface area contributed by atoms with Crippen molar-refractivity contribution in [2.45, 2.75) is 0 Å². The molecule has 0 bridgehead atoms. The average molecular weight is 448 g/mol. The molecule has 148 valence electrons. The minimum Gasteiger partial charge on any atom is -0.493 e. The van der Waals surface area contributed by atoms with Gasteiger partial charge < -0.3 is 19.1 Å². The molecule has 7 heteroatoms. The van der Waals surface area contributed by atoms with E-state index in [4.69, 9.17) is 14.2 Å². The van der Waals surface area contributed by atoms with Crippen molar-refractivity contribution in [2.75, 3.05) is 34.9 Å². The molecule has 28 heavy (non-hydrogen) atoms. The summed E-state index contributed by atoms with van der Waals surface area (Å²) in [4.78, 5) is 25.4. The lowest BCUT2D eigenvalue weighted by Gasteiger charge is -2.11. The van der Waals surface area contributed by atoms with Crippen molar-refractivity contribution in [2.24, 2.45) is 0 Å². The molecule has 0 aliphatic heterocycles. The Balaban J connectivity index is 2.07. The third-order valence-corrected chi connectivity index (χ3v) is 4.60. The van der Waals surface area contributed by atoms with Crippen LogP contribution in [0.4, 0.5) is 0 Å². The van der Waals surface area contributed by atoms with E-state index in [2.05, 4.69) is 15.9 Å². The molecular formula is C21H22BrNO5. The van der Waals surface area contributed by atoms with Gasteiger partial charge in [-0.3, -0.25) is 9.59 Å². The first-order chi connectivity index (χ1) is 13.3. The topological polar surface area (TPSA) is 65.1 Å². The molecule has 0 heterocycles. The van der Waals surface area contributed by atoms with E-state index >= 15 is 0 Å². The molecule has 1 amide bonds. The lowest BCUT2D eigenvalue weighted by atomic mass is 10.1. The quantitative estimate of drug-likeness (QED) is 0.454. The highest BCUT2D eigenvalue weighted by atomic mass is 79.9. The van der Waals surface area contributed by atoms with Crippen molar-refractivity contribution < 1.29 is 23.8 Å². The van der Waals surface area contributed by atoms with E-state index in [1.807, 2.05) is 0 Å². The smallest absolute Gasteiger partial charge is 0.259 e. The number of amides is 1. The molecule has 0 aliphatic rings. The number of carbonyl (C=O) groups excluding carboxylic acids is 2. The van der Waals surface area contributed by atoms with Crippen LogP contribution in [0.1, 0.15) is 15.9 Å². The molecule has 0 N–H and O–H groups in total. The summed E-state index contributed by atoms with van der Waals surface area (Å²) < 4.78 is 16.7. The van der Waals surface area contributed by atoms with Crippen LogP contribution in [-0.2, 0) is 4.79 Å². The van der Waals surface area contributed by atoms with Crippen LogP contribution in [0.25, 0.3) is 6.08 Å². The van der Waals surface area contributed by atoms with Crippen LogP contribution in [0.5, 0.6) is 17.2 Å². The first-order valence-corrected chi connectivity index (χ1v) is 9.22. The molecule has 0 aromatic heterocycles. The number of methoxy groups -OCH3 is 2. The van der Waals surface area contributed by atoms with Crippen molar-refractivity contribution in [3.63, 3.8) is 0 Å². The van der Waals surface area contributed by atoms with Crippen LogP contribution >= 0.6 is 15.9 Å². The lowest BCUT2D eigenvalue weighted by Crippen LogP contribution is -2.27. The van der Waals surface area contributed by atoms with E-state index in [1.54, 1.807) is 70.8 Å². The first kappa shape index (κ1) is 21.5. The van der Waals surface area contributed by atoms with E-state index in [0.717, 1.165) is 10.0 Å². The Bertz CT molecular complexity index is 875. The van der Waals surface area contributed by atoms with Gasteiger partial charge in [0, 0.05) is 24.1 Å². The number of hydrogen-bond acceptors (Lipinski definition) is 5. The van der Waals surface area contributed by atoms with Gasteiger partial charge in [-0.15, -0.1) is 0 Å². The van der Waals surface area contributed by atoms with Gasteiger partial charge in [0.05, 0.1) is 14.2 Å². The second-order valence-corrected chi connectivity index (χ2v) is 6.88. The number of benzene rings is 2. The Morgan fingerprint density at radius 2 is 1.64 bits per heavy atom. The fraction of sp³-hybridized carbons (Fsp3) is 0.238. The summed E-state index contributed by atoms with van der Waals surface area (Å²) in [5.74, 6) is 1.41. The van der Waals surface area contributed by atoms with Gasteiger partial charge in [0.1, 0.15) is 5.75 Å². The van der Waals surface area contributed by atoms with E-state index < -0.39 is 0 Å². The summed E-state index contributed by atoms with van der Waals surface area (Å²) in [5, 5.41) is 0. The minimum atomic E-state index is -0.155. The number of carbonyl (C=O) groups is 2. The third kappa shape index (κ3) is 5.60. The number of halogens is 1. The standard InChI is InChI=1S/C21H22BrNO5/c1-23(2)21(25)13-28-16-8-5-14(6-9-16)18(24)10-7-15-11-19(26-3)20(27-4)12-17(15)22/h5-12H,13H2,1-4H3/b10-7+. The Kier molecular flexibility index (Phi) is 7.63. The molecule has 0 saturated heterocycles. The SMILES string of the molecule is COc1cc(Br)c(/C=C/C(=O)c2ccc(OCC(=O)N(C)C)cc2)cc1OC. The summed E-state index contributed by atoms with van der Waals surface area (Å²) >= 11 is 3.46. The number of allylic oxidation sites excluding steroid dienone is 1. The average Bonchev–Trinajstić information content (AvgIpc) is 2.70. The van der Waals surface area contributed by atoms with Crippen molar-refractivity contribution in [3.8, 4) is 17.2 Å². The maximum Gasteiger partial charge on any atom is 0.259 e. The predicted octanol–water partition coefficient (Wildman–Crippen LogP) is 3.83. The summed E-state index contributed by atoms with van der Waals surface area (Å²) in [7, 11) is 6.44. The van der Waals surface area contributed by atoms with Gasteiger partial charge >= 0.3 is 0 Å². The Morgan fingerprint density at radius 1 is 1.04 bits per heavy atom. The maximum atomic E-state index is 12.4. The first-order valence-electron chi connectivity index (χ1n) is 8.42. The number of ketones is 1. The van der Waals surface area contributed by atoms with Gasteiger partial charge in [-0.1, -0.05) is 15.9 Å². The van der Waals surface area contributed by atoms with Crippen LogP contribution < -0.4 is 14.2 Å². The molecule has 0 saturated carbocycles. The number of nitrogens with zero attached hydrogens (tertiary/aromatic N) is 1. The Morgan fingerprint density at radius 3 is 2.21 bits per heavy atom. The number of ether oxygens (including phenoxy) is 3. The molecule has 0 unspecified atom stereocenters. The van der Waals surface area contributed by atoms with Crippen LogP contribution in [0.2, 0.25) is 0 Å². The van der Waals surface area contributed by atoms with E-state index in [-0.39, 0.29) is 18.3 Å². The second-order valence-electron chi connectivity index (χ2n) is 6.03. The minimum absolute atomic E-state index is 0.0481. The number of rotatable bonds is 8. The second kappa shape index (κ2) is 9.94. The molecule has 2 aromatic rings. The fourth-order valence-electron chi connectivity index (χ4n) is 2.25. The summed E-state index contributed by atoms with van der Waals surface area (Å²) in [6, 6.07) is 10.2. The van der Waals surface area contributed by atoms with Crippen LogP contribution in [0, 0.1) is 0 Å². The van der Waals surface area contributed by atoms with Crippen LogP contribution in [0.3, 0.4) is 0 Å². The monoisotopic (exact) mass is 447 g/mol. The molecule has 2 aromatic carbocycles. The maximum absolute atomic E-state index is 12.4. The van der Waals surface area contributed by atoms with Crippen molar-refractivity contribution in [3.05, 3.63) is 58.1 Å². The highest BCUT2D eigenvalue weighted by Gasteiger charge is 2.09. The molecule has 0 radical (unpaired) electrons. The molecule has 0 atom stereocenters. The normalized spacial score (nSPS) is 10.6. The van der Waals surface area contributed by atoms with Gasteiger partial charge in [-0.25, -0.2) is 0 Å². The molecule has 2 rings (SSSR count). The molecule has 0 spiro atoms. The van der Waals surface area contributed by atoms with Gasteiger partial charge in [0.15, 0.2) is 23.9 Å². The Labute approximate surface area is 172 Å². The Hall–Kier alpha value is -2.80. The van der Waals surface area contributed by atoms with Gasteiger partial charge in [0.25, 0.3) is 5.91 Å². The van der Waals surface area contributed by atoms with Gasteiger partial charge in [0.2, 0.25) is 0 Å². The van der Waals surface area contributed by atoms with E-state index in [0.29, 0.717) is 22.8 Å². The highest BCUT2D eigenvalue weighted by Crippen LogP contribution is 2.33. The van der Waals surface area contributed by atoms with Crippen molar-refractivity contribution in [1.29, 1.82) is 0 Å². The van der Waals surface area contributed by atoms with Crippen molar-refractivity contribution in [1.82, 2.24) is 4.90 Å². The molecular weight excluding hydrogens is 426 g/mol. The van der Waals surface area contributed by atoms with Gasteiger partial charge in [-0.2, -0.15) is 0 Å². The van der Waals surface area contributed by atoms with E-state index in [1.165, 1.54) is 11.0 Å². The van der Waals surface area contributed by atoms with Crippen LogP contribution in [0.15, 0.2) is 46.9 Å². The summed E-state index contributed by atoms with van der Waals surface area (Å²) in [5.41, 5.74) is 1.30. The summed E-state index contributed by atoms with van der Waals surface area (Å²) in [6.45, 7) is -0.0481. The largest absolute Gasteiger partial charge is 0.493 e. The van der Waals surface area contributed by atoms with Crippen molar-refractivity contribution >= 4 is 33.7 Å². The molecule has 0 aliphatic carbocycles. The number of likely N-dealkylation sites (N-methyl/N-ethyl adjacent to an activating group) is 1. The zero-order valence-electron chi connectivity index (χ0n) is 16.2. The zero-order valence-corrected chi connectivity index (χ0v) is 17.8. The molecule has 0 fully saturated rings. The van der Waals surface area contributed by atoms with E-state index in [9.17, 15) is 9.59 Å².